The second kappa shape index (κ2) is 9.19. The first-order chi connectivity index (χ1) is 10.5. The maximum Gasteiger partial charge on any atom is 0.328 e. The summed E-state index contributed by atoms with van der Waals surface area (Å²) in [7, 11) is 1.30. The van der Waals surface area contributed by atoms with E-state index in [1.165, 1.54) is 18.4 Å². The zero-order chi connectivity index (χ0) is 16.5. The van der Waals surface area contributed by atoms with E-state index < -0.39 is 12.0 Å². The fourth-order valence-electron chi connectivity index (χ4n) is 1.82. The Hall–Kier alpha value is -1.89. The van der Waals surface area contributed by atoms with Crippen LogP contribution in [0, 0.1) is 5.92 Å². The number of carbonyl (C=O) groups is 3. The molecule has 0 saturated heterocycles. The van der Waals surface area contributed by atoms with E-state index in [2.05, 4.69) is 15.4 Å². The lowest BCUT2D eigenvalue weighted by molar-refractivity contribution is -0.146. The Labute approximate surface area is 134 Å². The molecule has 0 fully saturated rings. The lowest BCUT2D eigenvalue weighted by Gasteiger charge is -2.19. The van der Waals surface area contributed by atoms with Gasteiger partial charge in [-0.2, -0.15) is 11.3 Å². The molecule has 2 N–H and O–H groups in total. The predicted octanol–water partition coefficient (Wildman–Crippen LogP) is 1.57. The number of hydrogen-bond acceptors (Lipinski definition) is 5. The Morgan fingerprint density at radius 2 is 2.05 bits per heavy atom. The summed E-state index contributed by atoms with van der Waals surface area (Å²) < 4.78 is 4.66. The van der Waals surface area contributed by atoms with E-state index in [1.807, 2.05) is 19.2 Å². The molecule has 1 unspecified atom stereocenters. The molecule has 7 heteroatoms. The standard InChI is InChI=1S/C15H22N2O4S/c1-10(2)13(15(20)21-3)17-12(18)5-4-7-16-14(19)11-6-8-22-9-11/h6,8-10,13H,4-5,7H2,1-3H3,(H,16,19)(H,17,18). The van der Waals surface area contributed by atoms with Crippen LogP contribution in [0.4, 0.5) is 0 Å². The van der Waals surface area contributed by atoms with Crippen molar-refractivity contribution in [3.8, 4) is 0 Å². The van der Waals surface area contributed by atoms with Crippen molar-refractivity contribution in [2.24, 2.45) is 5.92 Å². The van der Waals surface area contributed by atoms with E-state index in [9.17, 15) is 14.4 Å². The maximum atomic E-state index is 11.8. The van der Waals surface area contributed by atoms with E-state index in [-0.39, 0.29) is 24.2 Å². The number of hydrogen-bond donors (Lipinski definition) is 2. The Balaban J connectivity index is 2.28. The number of esters is 1. The van der Waals surface area contributed by atoms with Gasteiger partial charge < -0.3 is 15.4 Å². The maximum absolute atomic E-state index is 11.8. The van der Waals surface area contributed by atoms with Crippen molar-refractivity contribution in [2.45, 2.75) is 32.7 Å². The molecule has 6 nitrogen and oxygen atoms in total. The predicted molar refractivity (Wildman–Crippen MR) is 84.7 cm³/mol. The van der Waals surface area contributed by atoms with Crippen molar-refractivity contribution in [3.63, 3.8) is 0 Å². The van der Waals surface area contributed by atoms with Crippen LogP contribution in [0.3, 0.4) is 0 Å². The highest BCUT2D eigenvalue weighted by Gasteiger charge is 2.24. The summed E-state index contributed by atoms with van der Waals surface area (Å²) in [5, 5.41) is 9.01. The zero-order valence-electron chi connectivity index (χ0n) is 13.0. The molecule has 1 aromatic heterocycles. The van der Waals surface area contributed by atoms with E-state index in [4.69, 9.17) is 0 Å². The molecule has 1 atom stereocenters. The van der Waals surface area contributed by atoms with Crippen molar-refractivity contribution in [3.05, 3.63) is 22.4 Å². The molecule has 0 radical (unpaired) electrons. The molecule has 0 aliphatic rings. The number of ether oxygens (including phenoxy) is 1. The molecule has 0 bridgehead atoms. The highest BCUT2D eigenvalue weighted by molar-refractivity contribution is 7.08. The summed E-state index contributed by atoms with van der Waals surface area (Å²) in [4.78, 5) is 35.0. The van der Waals surface area contributed by atoms with Gasteiger partial charge in [0.25, 0.3) is 5.91 Å². The largest absolute Gasteiger partial charge is 0.467 e. The molecule has 1 aromatic rings. The van der Waals surface area contributed by atoms with Crippen LogP contribution in [0.1, 0.15) is 37.0 Å². The second-order valence-corrected chi connectivity index (χ2v) is 5.96. The van der Waals surface area contributed by atoms with Gasteiger partial charge in [0.1, 0.15) is 6.04 Å². The van der Waals surface area contributed by atoms with Crippen LogP contribution in [0.5, 0.6) is 0 Å². The molecule has 0 aliphatic carbocycles. The van der Waals surface area contributed by atoms with Gasteiger partial charge in [0, 0.05) is 23.9 Å². The van der Waals surface area contributed by atoms with E-state index in [0.717, 1.165) is 0 Å². The normalized spacial score (nSPS) is 11.8. The molecule has 1 rings (SSSR count). The average Bonchev–Trinajstić information content (AvgIpc) is 3.02. The SMILES string of the molecule is COC(=O)C(NC(=O)CCCNC(=O)c1ccsc1)C(C)C. The molecular weight excluding hydrogens is 304 g/mol. The van der Waals surface area contributed by atoms with Crippen molar-refractivity contribution >= 4 is 29.1 Å². The van der Waals surface area contributed by atoms with Gasteiger partial charge in [0.2, 0.25) is 5.91 Å². The number of nitrogens with one attached hydrogen (secondary N) is 2. The first-order valence-electron chi connectivity index (χ1n) is 7.13. The van der Waals surface area contributed by atoms with Crippen LogP contribution in [-0.2, 0) is 14.3 Å². The number of carbonyl (C=O) groups excluding carboxylic acids is 3. The average molecular weight is 326 g/mol. The van der Waals surface area contributed by atoms with Gasteiger partial charge in [-0.15, -0.1) is 0 Å². The van der Waals surface area contributed by atoms with Gasteiger partial charge in [-0.3, -0.25) is 9.59 Å². The highest BCUT2D eigenvalue weighted by atomic mass is 32.1. The van der Waals surface area contributed by atoms with Crippen molar-refractivity contribution in [1.82, 2.24) is 10.6 Å². The third-order valence-corrected chi connectivity index (χ3v) is 3.77. The molecule has 0 aromatic carbocycles. The van der Waals surface area contributed by atoms with Gasteiger partial charge >= 0.3 is 5.97 Å². The third kappa shape index (κ3) is 5.85. The fraction of sp³-hybridized carbons (Fsp3) is 0.533. The Morgan fingerprint density at radius 1 is 1.32 bits per heavy atom. The zero-order valence-corrected chi connectivity index (χ0v) is 13.9. The van der Waals surface area contributed by atoms with Gasteiger partial charge in [0.15, 0.2) is 0 Å². The molecule has 0 saturated carbocycles. The van der Waals surface area contributed by atoms with E-state index in [0.29, 0.717) is 18.5 Å². The molecular formula is C15H22N2O4S. The molecule has 1 heterocycles. The van der Waals surface area contributed by atoms with Gasteiger partial charge in [-0.05, 0) is 23.8 Å². The van der Waals surface area contributed by atoms with E-state index in [1.54, 1.807) is 11.4 Å². The minimum absolute atomic E-state index is 0.0466. The van der Waals surface area contributed by atoms with Crippen LogP contribution in [0.25, 0.3) is 0 Å². The first kappa shape index (κ1) is 18.2. The van der Waals surface area contributed by atoms with Crippen LogP contribution >= 0.6 is 11.3 Å². The minimum atomic E-state index is -0.641. The van der Waals surface area contributed by atoms with Gasteiger partial charge in [0.05, 0.1) is 7.11 Å². The molecule has 22 heavy (non-hydrogen) atoms. The lowest BCUT2D eigenvalue weighted by atomic mass is 10.0. The lowest BCUT2D eigenvalue weighted by Crippen LogP contribution is -2.45. The number of thiophene rings is 1. The van der Waals surface area contributed by atoms with Crippen molar-refractivity contribution < 1.29 is 19.1 Å². The summed E-state index contributed by atoms with van der Waals surface area (Å²) in [6, 6.07) is 1.11. The molecule has 0 aliphatic heterocycles. The number of amides is 2. The summed E-state index contributed by atoms with van der Waals surface area (Å²) in [5.74, 6) is -0.867. The molecule has 0 spiro atoms. The third-order valence-electron chi connectivity index (χ3n) is 3.09. The quantitative estimate of drug-likeness (QED) is 0.561. The van der Waals surface area contributed by atoms with Crippen molar-refractivity contribution in [2.75, 3.05) is 13.7 Å². The minimum Gasteiger partial charge on any atom is -0.467 e. The van der Waals surface area contributed by atoms with Crippen LogP contribution in [0.2, 0.25) is 0 Å². The van der Waals surface area contributed by atoms with Crippen molar-refractivity contribution in [1.29, 1.82) is 0 Å². The van der Waals surface area contributed by atoms with E-state index >= 15 is 0 Å². The van der Waals surface area contributed by atoms with Gasteiger partial charge in [-0.25, -0.2) is 4.79 Å². The Bertz CT molecular complexity index is 500. The van der Waals surface area contributed by atoms with Crippen LogP contribution in [-0.4, -0.2) is 37.5 Å². The molecule has 2 amide bonds. The summed E-state index contributed by atoms with van der Waals surface area (Å²) in [6.45, 7) is 4.08. The molecule has 122 valence electrons. The monoisotopic (exact) mass is 326 g/mol. The van der Waals surface area contributed by atoms with Gasteiger partial charge in [-0.1, -0.05) is 13.8 Å². The van der Waals surface area contributed by atoms with Crippen LogP contribution in [0.15, 0.2) is 16.8 Å². The topological polar surface area (TPSA) is 84.5 Å². The summed E-state index contributed by atoms with van der Waals surface area (Å²) in [5.41, 5.74) is 0.625. The smallest absolute Gasteiger partial charge is 0.328 e. The Kier molecular flexibility index (Phi) is 7.59. The van der Waals surface area contributed by atoms with Crippen LogP contribution < -0.4 is 10.6 Å². The number of rotatable bonds is 8. The second-order valence-electron chi connectivity index (χ2n) is 5.18. The summed E-state index contributed by atoms with van der Waals surface area (Å²) in [6.07, 6.45) is 0.748. The fourth-order valence-corrected chi connectivity index (χ4v) is 2.45. The summed E-state index contributed by atoms with van der Waals surface area (Å²) >= 11 is 1.46. The first-order valence-corrected chi connectivity index (χ1v) is 8.07. The number of methoxy groups -OCH3 is 1. The Morgan fingerprint density at radius 3 is 2.59 bits per heavy atom. The highest BCUT2D eigenvalue weighted by Crippen LogP contribution is 2.06.